The van der Waals surface area contributed by atoms with Crippen LogP contribution in [0.1, 0.15) is 0 Å². The third-order valence-corrected chi connectivity index (χ3v) is 9.51. The van der Waals surface area contributed by atoms with Crippen molar-refractivity contribution in [2.45, 2.75) is 0 Å². The van der Waals surface area contributed by atoms with Crippen LogP contribution in [-0.4, -0.2) is 15.0 Å². The summed E-state index contributed by atoms with van der Waals surface area (Å²) in [7, 11) is 0. The van der Waals surface area contributed by atoms with E-state index in [-0.39, 0.29) is 0 Å². The van der Waals surface area contributed by atoms with Crippen molar-refractivity contribution in [2.24, 2.45) is 0 Å². The van der Waals surface area contributed by atoms with Crippen LogP contribution < -0.4 is 0 Å². The highest BCUT2D eigenvalue weighted by Crippen LogP contribution is 2.42. The molecule has 0 spiro atoms. The molecular formula is C45H27N3O. The fourth-order valence-corrected chi connectivity index (χ4v) is 7.22. The molecule has 0 fully saturated rings. The van der Waals surface area contributed by atoms with Crippen molar-refractivity contribution >= 4 is 54.3 Å². The van der Waals surface area contributed by atoms with Crippen molar-refractivity contribution in [3.63, 3.8) is 0 Å². The highest BCUT2D eigenvalue weighted by atomic mass is 16.3. The smallest absolute Gasteiger partial charge is 0.164 e. The molecule has 0 amide bonds. The molecule has 2 heterocycles. The van der Waals surface area contributed by atoms with Crippen molar-refractivity contribution in [1.82, 2.24) is 15.0 Å². The number of aromatic nitrogens is 3. The average Bonchev–Trinajstić information content (AvgIpc) is 3.56. The molecule has 228 valence electrons. The van der Waals surface area contributed by atoms with Gasteiger partial charge >= 0.3 is 0 Å². The van der Waals surface area contributed by atoms with Gasteiger partial charge in [-0.15, -0.1) is 0 Å². The molecule has 8 aromatic carbocycles. The van der Waals surface area contributed by atoms with Crippen molar-refractivity contribution in [2.75, 3.05) is 0 Å². The van der Waals surface area contributed by atoms with Crippen LogP contribution in [0.3, 0.4) is 0 Å². The van der Waals surface area contributed by atoms with E-state index in [0.717, 1.165) is 49.6 Å². The second-order valence-electron chi connectivity index (χ2n) is 12.4. The fraction of sp³-hybridized carbons (Fsp3) is 0. The number of para-hydroxylation sites is 1. The molecule has 0 atom stereocenters. The zero-order valence-corrected chi connectivity index (χ0v) is 26.3. The first-order valence-corrected chi connectivity index (χ1v) is 16.4. The summed E-state index contributed by atoms with van der Waals surface area (Å²) in [4.78, 5) is 15.0. The molecule has 49 heavy (non-hydrogen) atoms. The molecule has 4 heteroatoms. The Hall–Kier alpha value is -6.65. The van der Waals surface area contributed by atoms with Crippen molar-refractivity contribution in [3.8, 4) is 45.3 Å². The number of hydrogen-bond acceptors (Lipinski definition) is 4. The Labute approximate surface area is 282 Å². The molecule has 0 aliphatic carbocycles. The lowest BCUT2D eigenvalue weighted by atomic mass is 9.88. The number of benzene rings is 8. The molecule has 2 aromatic heterocycles. The van der Waals surface area contributed by atoms with E-state index in [1.54, 1.807) is 0 Å². The molecule has 4 nitrogen and oxygen atoms in total. The van der Waals surface area contributed by atoms with Crippen LogP contribution in [0.15, 0.2) is 168 Å². The van der Waals surface area contributed by atoms with E-state index in [4.69, 9.17) is 19.4 Å². The number of fused-ring (bicyclic) bond motifs is 9. The second-order valence-corrected chi connectivity index (χ2v) is 12.4. The van der Waals surface area contributed by atoms with E-state index in [1.807, 2.05) is 72.8 Å². The van der Waals surface area contributed by atoms with E-state index >= 15 is 0 Å². The molecule has 0 saturated heterocycles. The number of furan rings is 1. The minimum atomic E-state index is 0.641. The Morgan fingerprint density at radius 3 is 1.53 bits per heavy atom. The van der Waals surface area contributed by atoms with E-state index in [9.17, 15) is 0 Å². The summed E-state index contributed by atoms with van der Waals surface area (Å²) in [6.07, 6.45) is 0. The zero-order valence-electron chi connectivity index (χ0n) is 26.3. The van der Waals surface area contributed by atoms with Crippen LogP contribution in [0.4, 0.5) is 0 Å². The van der Waals surface area contributed by atoms with Gasteiger partial charge in [0.2, 0.25) is 0 Å². The minimum absolute atomic E-state index is 0.641. The lowest BCUT2D eigenvalue weighted by Crippen LogP contribution is -2.00. The lowest BCUT2D eigenvalue weighted by Gasteiger charge is -2.15. The maximum absolute atomic E-state index is 6.31. The Balaban J connectivity index is 1.22. The van der Waals surface area contributed by atoms with Gasteiger partial charge in [-0.2, -0.15) is 0 Å². The van der Waals surface area contributed by atoms with Gasteiger partial charge in [-0.3, -0.25) is 0 Å². The highest BCUT2D eigenvalue weighted by Gasteiger charge is 2.17. The maximum atomic E-state index is 6.31. The third kappa shape index (κ3) is 4.49. The van der Waals surface area contributed by atoms with Gasteiger partial charge < -0.3 is 4.42 Å². The quantitative estimate of drug-likeness (QED) is 0.183. The molecule has 10 rings (SSSR count). The van der Waals surface area contributed by atoms with Gasteiger partial charge in [0.15, 0.2) is 17.5 Å². The topological polar surface area (TPSA) is 51.8 Å². The van der Waals surface area contributed by atoms with Gasteiger partial charge in [-0.05, 0) is 67.7 Å². The van der Waals surface area contributed by atoms with E-state index < -0.39 is 0 Å². The first kappa shape index (κ1) is 27.5. The molecule has 0 aliphatic heterocycles. The maximum Gasteiger partial charge on any atom is 0.164 e. The molecule has 10 aromatic rings. The highest BCUT2D eigenvalue weighted by molar-refractivity contribution is 6.29. The molecule has 0 radical (unpaired) electrons. The van der Waals surface area contributed by atoms with E-state index in [0.29, 0.717) is 17.5 Å². The summed E-state index contributed by atoms with van der Waals surface area (Å²) in [5.74, 6) is 1.94. The molecule has 0 N–H and O–H groups in total. The van der Waals surface area contributed by atoms with Gasteiger partial charge in [0.25, 0.3) is 0 Å². The van der Waals surface area contributed by atoms with Crippen LogP contribution in [0.5, 0.6) is 0 Å². The Morgan fingerprint density at radius 2 is 0.816 bits per heavy atom. The Morgan fingerprint density at radius 1 is 0.306 bits per heavy atom. The van der Waals surface area contributed by atoms with Gasteiger partial charge in [0.05, 0.1) is 0 Å². The van der Waals surface area contributed by atoms with Gasteiger partial charge in [0, 0.05) is 27.5 Å². The van der Waals surface area contributed by atoms with Crippen molar-refractivity contribution < 1.29 is 4.42 Å². The number of rotatable bonds is 4. The summed E-state index contributed by atoms with van der Waals surface area (Å²) in [5, 5.41) is 9.42. The summed E-state index contributed by atoms with van der Waals surface area (Å²) < 4.78 is 6.31. The summed E-state index contributed by atoms with van der Waals surface area (Å²) in [6, 6.07) is 56.9. The van der Waals surface area contributed by atoms with Crippen LogP contribution >= 0.6 is 0 Å². The van der Waals surface area contributed by atoms with Crippen LogP contribution in [0.25, 0.3) is 99.5 Å². The Kier molecular flexibility index (Phi) is 6.15. The molecule has 0 unspecified atom stereocenters. The first-order valence-electron chi connectivity index (χ1n) is 16.4. The van der Waals surface area contributed by atoms with Crippen LogP contribution in [0, 0.1) is 0 Å². The van der Waals surface area contributed by atoms with Crippen LogP contribution in [0.2, 0.25) is 0 Å². The summed E-state index contributed by atoms with van der Waals surface area (Å²) in [6.45, 7) is 0. The summed E-state index contributed by atoms with van der Waals surface area (Å²) in [5.41, 5.74) is 6.92. The number of hydrogen-bond donors (Lipinski definition) is 0. The fourth-order valence-electron chi connectivity index (χ4n) is 7.22. The Bertz CT molecular complexity index is 2820. The monoisotopic (exact) mass is 625 g/mol. The molecule has 0 saturated carbocycles. The predicted octanol–water partition coefficient (Wildman–Crippen LogP) is 11.9. The van der Waals surface area contributed by atoms with E-state index in [1.165, 1.54) is 32.5 Å². The van der Waals surface area contributed by atoms with Crippen molar-refractivity contribution in [1.29, 1.82) is 0 Å². The largest absolute Gasteiger partial charge is 0.456 e. The second kappa shape index (κ2) is 11.0. The first-order chi connectivity index (χ1) is 24.3. The SMILES string of the molecule is c1ccc(-c2nc(-c3ccccc3)nc(-c3ccc4c(c3)c3ccccc3c3cccc(-c5ccc6c(c5)oc5ccccc56)c34)n2)cc1. The standard InChI is InChI=1S/C45H27N3O/c1-3-12-28(13-4-1)43-46-44(29-14-5-2-6-15-29)48-45(47-43)31-23-25-38-39(26-31)34-17-8-7-16-33(34)37-20-11-19-32(42(37)38)30-22-24-36-35-18-9-10-21-40(35)49-41(36)27-30/h1-27H. The molecular weight excluding hydrogens is 599 g/mol. The van der Waals surface area contributed by atoms with Gasteiger partial charge in [0.1, 0.15) is 11.2 Å². The van der Waals surface area contributed by atoms with Gasteiger partial charge in [-0.1, -0.05) is 140 Å². The van der Waals surface area contributed by atoms with Gasteiger partial charge in [-0.25, -0.2) is 15.0 Å². The molecule has 0 bridgehead atoms. The molecule has 0 aliphatic rings. The average molecular weight is 626 g/mol. The van der Waals surface area contributed by atoms with Crippen LogP contribution in [-0.2, 0) is 0 Å². The predicted molar refractivity (Wildman–Crippen MR) is 201 cm³/mol. The summed E-state index contributed by atoms with van der Waals surface area (Å²) >= 11 is 0. The van der Waals surface area contributed by atoms with E-state index in [2.05, 4.69) is 91.0 Å². The normalized spacial score (nSPS) is 11.7. The minimum Gasteiger partial charge on any atom is -0.456 e. The third-order valence-electron chi connectivity index (χ3n) is 9.51. The number of nitrogens with zero attached hydrogens (tertiary/aromatic N) is 3. The lowest BCUT2D eigenvalue weighted by molar-refractivity contribution is 0.669. The zero-order chi connectivity index (χ0) is 32.3. The van der Waals surface area contributed by atoms with Crippen molar-refractivity contribution in [3.05, 3.63) is 164 Å².